The smallest absolute Gasteiger partial charge is 0.412 e. The van der Waals surface area contributed by atoms with Crippen molar-refractivity contribution in [2.24, 2.45) is 0 Å². The topological polar surface area (TPSA) is 137 Å². The number of rotatable bonds is 6. The van der Waals surface area contributed by atoms with Gasteiger partial charge >= 0.3 is 6.09 Å². The summed E-state index contributed by atoms with van der Waals surface area (Å²) in [5, 5.41) is 24.2. The maximum atomic E-state index is 15.3. The quantitative estimate of drug-likeness (QED) is 0.244. The Morgan fingerprint density at radius 2 is 2.09 bits per heavy atom. The second-order valence-electron chi connectivity index (χ2n) is 12.9. The van der Waals surface area contributed by atoms with E-state index < -0.39 is 23.6 Å². The van der Waals surface area contributed by atoms with Crippen molar-refractivity contribution in [3.63, 3.8) is 0 Å². The number of likely N-dealkylation sites (N-methyl/N-ethyl adjacent to an activating group) is 1. The van der Waals surface area contributed by atoms with Crippen molar-refractivity contribution in [3.05, 3.63) is 39.9 Å². The van der Waals surface area contributed by atoms with Gasteiger partial charge in [-0.3, -0.25) is 15.2 Å². The summed E-state index contributed by atoms with van der Waals surface area (Å²) in [6.07, 6.45) is 2.54. The van der Waals surface area contributed by atoms with Crippen LogP contribution in [0.5, 0.6) is 0 Å². The first kappa shape index (κ1) is 32.3. The Labute approximate surface area is 274 Å². The molecule has 3 aromatic heterocycles. The normalized spacial score (nSPS) is 18.8. The van der Waals surface area contributed by atoms with Gasteiger partial charge in [0.1, 0.15) is 16.7 Å². The number of hydrogen-bond acceptors (Lipinski definition) is 11. The minimum absolute atomic E-state index is 0.0540. The predicted octanol–water partition coefficient (Wildman–Crippen LogP) is 6.23. The number of aliphatic hydroxyl groups is 1. The molecule has 4 aromatic rings. The van der Waals surface area contributed by atoms with Gasteiger partial charge in [0.05, 0.1) is 52.0 Å². The average Bonchev–Trinajstić information content (AvgIpc) is 3.70. The number of nitriles is 1. The lowest BCUT2D eigenvalue weighted by Gasteiger charge is -2.31. The Morgan fingerprint density at radius 1 is 1.35 bits per heavy atom. The fourth-order valence-electron chi connectivity index (χ4n) is 6.49. The van der Waals surface area contributed by atoms with Gasteiger partial charge in [-0.15, -0.1) is 11.3 Å². The molecule has 6 rings (SSSR count). The van der Waals surface area contributed by atoms with Gasteiger partial charge in [-0.25, -0.2) is 19.2 Å². The number of carbonyl (C=O) groups is 1. The number of anilines is 2. The standard InChI is InChI=1S/C32H35ClFN7O4S/c1-15(42)12-40(6)22-7-8-41(16(22)2)30-37-10-18-19-13-44-14-20(19)23(25(33)26(18)38-30)27-24-17(9-35)29(39-31(43)45-32(3,4)5)46-28(24)21(34)11-36-27/h10-11,15-16,22,42H,7-8,12-14H2,1-6H3,(H,39,43)/t15-,16-,22-/m0/s1. The summed E-state index contributed by atoms with van der Waals surface area (Å²) in [6, 6.07) is 2.42. The second kappa shape index (κ2) is 12.2. The minimum Gasteiger partial charge on any atom is -0.444 e. The van der Waals surface area contributed by atoms with E-state index in [1.807, 2.05) is 7.05 Å². The van der Waals surface area contributed by atoms with E-state index >= 15 is 4.39 Å². The Morgan fingerprint density at radius 3 is 2.78 bits per heavy atom. The zero-order chi connectivity index (χ0) is 33.1. The van der Waals surface area contributed by atoms with Crippen LogP contribution in [0.3, 0.4) is 0 Å². The molecule has 0 saturated carbocycles. The van der Waals surface area contributed by atoms with Gasteiger partial charge in [0.15, 0.2) is 5.82 Å². The van der Waals surface area contributed by atoms with Crippen molar-refractivity contribution in [1.82, 2.24) is 19.9 Å². The highest BCUT2D eigenvalue weighted by Crippen LogP contribution is 2.48. The Bertz CT molecular complexity index is 1900. The third-order valence-corrected chi connectivity index (χ3v) is 9.89. The number of aliphatic hydroxyl groups excluding tert-OH is 1. The van der Waals surface area contributed by atoms with E-state index in [9.17, 15) is 15.2 Å². The van der Waals surface area contributed by atoms with Crippen LogP contribution in [0, 0.1) is 17.1 Å². The fraction of sp³-hybridized carbons (Fsp3) is 0.469. The number of halogens is 2. The SMILES string of the molecule is C[C@H](O)CN(C)[C@H]1CCN(c2ncc3c4c(c(-c5ncc(F)c6sc(NC(=O)OC(C)(C)C)c(C#N)c56)c(Cl)c3n2)COC4)[C@H]1C. The number of aromatic nitrogens is 3. The molecule has 1 amide bonds. The highest BCUT2D eigenvalue weighted by atomic mass is 35.5. The summed E-state index contributed by atoms with van der Waals surface area (Å²) >= 11 is 8.14. The number of benzene rings is 1. The number of ether oxygens (including phenoxy) is 2. The molecule has 14 heteroatoms. The van der Waals surface area contributed by atoms with E-state index in [0.29, 0.717) is 35.9 Å². The van der Waals surface area contributed by atoms with E-state index in [-0.39, 0.29) is 44.4 Å². The van der Waals surface area contributed by atoms with Crippen molar-refractivity contribution in [2.45, 2.75) is 78.0 Å². The molecule has 3 atom stereocenters. The summed E-state index contributed by atoms with van der Waals surface area (Å²) in [5.41, 5.74) is 2.19. The van der Waals surface area contributed by atoms with Crippen molar-refractivity contribution < 1.29 is 23.8 Å². The van der Waals surface area contributed by atoms with E-state index in [1.165, 1.54) is 0 Å². The largest absolute Gasteiger partial charge is 0.444 e. The Balaban J connectivity index is 1.48. The van der Waals surface area contributed by atoms with Crippen LogP contribution in [0.2, 0.25) is 5.02 Å². The highest BCUT2D eigenvalue weighted by Gasteiger charge is 2.36. The molecule has 5 heterocycles. The molecular formula is C32H35ClFN7O4S. The fourth-order valence-corrected chi connectivity index (χ4v) is 7.87. The zero-order valence-corrected chi connectivity index (χ0v) is 28.0. The van der Waals surface area contributed by atoms with Gasteiger partial charge < -0.3 is 19.5 Å². The Kier molecular flexibility index (Phi) is 8.54. The maximum Gasteiger partial charge on any atom is 0.412 e. The first-order chi connectivity index (χ1) is 21.8. The maximum absolute atomic E-state index is 15.3. The molecule has 11 nitrogen and oxygen atoms in total. The van der Waals surface area contributed by atoms with Crippen LogP contribution < -0.4 is 10.2 Å². The minimum atomic E-state index is -0.771. The molecule has 2 aliphatic heterocycles. The third-order valence-electron chi connectivity index (χ3n) is 8.41. The van der Waals surface area contributed by atoms with Crippen LogP contribution in [0.4, 0.5) is 20.1 Å². The van der Waals surface area contributed by atoms with Crippen molar-refractivity contribution >= 4 is 61.0 Å². The number of fused-ring (bicyclic) bond motifs is 4. The zero-order valence-electron chi connectivity index (χ0n) is 26.4. The van der Waals surface area contributed by atoms with Gasteiger partial charge in [-0.1, -0.05) is 11.6 Å². The number of hydrogen-bond donors (Lipinski definition) is 2. The number of pyridine rings is 1. The molecule has 46 heavy (non-hydrogen) atoms. The number of nitrogens with zero attached hydrogens (tertiary/aromatic N) is 6. The second-order valence-corrected chi connectivity index (χ2v) is 14.3. The molecular weight excluding hydrogens is 633 g/mol. The van der Waals surface area contributed by atoms with Gasteiger partial charge in [0.25, 0.3) is 0 Å². The van der Waals surface area contributed by atoms with Crippen molar-refractivity contribution in [1.29, 1.82) is 5.26 Å². The van der Waals surface area contributed by atoms with Crippen molar-refractivity contribution in [3.8, 4) is 17.3 Å². The van der Waals surface area contributed by atoms with Crippen LogP contribution >= 0.6 is 22.9 Å². The lowest BCUT2D eigenvalue weighted by molar-refractivity contribution is 0.0636. The molecule has 0 aliphatic carbocycles. The molecule has 0 unspecified atom stereocenters. The third kappa shape index (κ3) is 5.73. The Hall–Kier alpha value is -3.67. The van der Waals surface area contributed by atoms with E-state index in [2.05, 4.69) is 33.1 Å². The molecule has 0 bridgehead atoms. The van der Waals surface area contributed by atoms with Crippen LogP contribution in [-0.4, -0.2) is 75.0 Å². The van der Waals surface area contributed by atoms with Crippen LogP contribution in [-0.2, 0) is 22.7 Å². The van der Waals surface area contributed by atoms with Crippen LogP contribution in [0.25, 0.3) is 32.2 Å². The van der Waals surface area contributed by atoms with E-state index in [4.69, 9.17) is 31.0 Å². The average molecular weight is 668 g/mol. The monoisotopic (exact) mass is 667 g/mol. The molecule has 2 aliphatic rings. The van der Waals surface area contributed by atoms with Crippen LogP contribution in [0.15, 0.2) is 12.4 Å². The number of carbonyl (C=O) groups excluding carboxylic acids is 1. The van der Waals surface area contributed by atoms with Crippen molar-refractivity contribution in [2.75, 3.05) is 30.4 Å². The highest BCUT2D eigenvalue weighted by molar-refractivity contribution is 7.23. The summed E-state index contributed by atoms with van der Waals surface area (Å²) in [6.45, 7) is 10.9. The van der Waals surface area contributed by atoms with Gasteiger partial charge in [-0.2, -0.15) is 5.26 Å². The summed E-state index contributed by atoms with van der Waals surface area (Å²) < 4.78 is 26.7. The summed E-state index contributed by atoms with van der Waals surface area (Å²) in [5.74, 6) is -0.112. The molecule has 0 radical (unpaired) electrons. The molecule has 1 saturated heterocycles. The van der Waals surface area contributed by atoms with Crippen LogP contribution in [0.1, 0.15) is 57.7 Å². The summed E-state index contributed by atoms with van der Waals surface area (Å²) in [4.78, 5) is 31.1. The molecule has 2 N–H and O–H groups in total. The van der Waals surface area contributed by atoms with E-state index in [1.54, 1.807) is 33.9 Å². The van der Waals surface area contributed by atoms with Gasteiger partial charge in [0, 0.05) is 47.7 Å². The van der Waals surface area contributed by atoms with Gasteiger partial charge in [-0.05, 0) is 59.2 Å². The lowest BCUT2D eigenvalue weighted by atomic mass is 9.94. The number of nitrogens with one attached hydrogen (secondary N) is 1. The molecule has 0 spiro atoms. The molecule has 1 aromatic carbocycles. The van der Waals surface area contributed by atoms with Gasteiger partial charge in [0.2, 0.25) is 5.95 Å². The lowest BCUT2D eigenvalue weighted by Crippen LogP contribution is -2.44. The first-order valence-electron chi connectivity index (χ1n) is 15.0. The number of thiophene rings is 1. The summed E-state index contributed by atoms with van der Waals surface area (Å²) in [7, 11) is 2.01. The first-order valence-corrected chi connectivity index (χ1v) is 16.2. The van der Waals surface area contributed by atoms with E-state index in [0.717, 1.165) is 47.0 Å². The predicted molar refractivity (Wildman–Crippen MR) is 176 cm³/mol. The molecule has 242 valence electrons. The molecule has 1 fully saturated rings. The number of amides is 1.